The Morgan fingerprint density at radius 3 is 2.66 bits per heavy atom. The van der Waals surface area contributed by atoms with Crippen LogP contribution in [0.3, 0.4) is 0 Å². The fraction of sp³-hybridized carbons (Fsp3) is 0.333. The van der Waals surface area contributed by atoms with E-state index in [1.165, 1.54) is 10.8 Å². The minimum atomic E-state index is -0.733. The molecule has 2 atom stereocenters. The van der Waals surface area contributed by atoms with Crippen LogP contribution in [-0.4, -0.2) is 22.2 Å². The van der Waals surface area contributed by atoms with Gasteiger partial charge in [-0.1, -0.05) is 66.2 Å². The van der Waals surface area contributed by atoms with Gasteiger partial charge in [-0.15, -0.1) is 0 Å². The van der Waals surface area contributed by atoms with Gasteiger partial charge in [0.25, 0.3) is 0 Å². The fourth-order valence-corrected chi connectivity index (χ4v) is 6.19. The number of Topliss-reactive ketones (excluding diaryl/α,β-unsaturated/α-hetero) is 1. The van der Waals surface area contributed by atoms with Gasteiger partial charge in [-0.25, -0.2) is 5.01 Å². The van der Waals surface area contributed by atoms with Gasteiger partial charge in [-0.05, 0) is 46.0 Å². The highest BCUT2D eigenvalue weighted by Crippen LogP contribution is 2.54. The minimum Gasteiger partial charge on any atom is -0.466 e. The Morgan fingerprint density at radius 2 is 1.84 bits per heavy atom. The summed E-state index contributed by atoms with van der Waals surface area (Å²) < 4.78 is 7.69. The number of ketones is 1. The number of halogens is 1. The predicted molar refractivity (Wildman–Crippen MR) is 130 cm³/mol. The summed E-state index contributed by atoms with van der Waals surface area (Å²) in [6.45, 7) is 4.32. The molecular formula is C27H25BrN2O2. The van der Waals surface area contributed by atoms with E-state index in [0.29, 0.717) is 12.8 Å². The highest BCUT2D eigenvalue weighted by atomic mass is 79.9. The lowest BCUT2D eigenvalue weighted by Gasteiger charge is -2.52. The van der Waals surface area contributed by atoms with E-state index in [1.54, 1.807) is 0 Å². The Hall–Kier alpha value is -2.66. The van der Waals surface area contributed by atoms with E-state index in [0.717, 1.165) is 39.9 Å². The van der Waals surface area contributed by atoms with Gasteiger partial charge in [0.1, 0.15) is 11.5 Å². The lowest BCUT2D eigenvalue weighted by atomic mass is 9.71. The largest absolute Gasteiger partial charge is 0.466 e. The molecule has 1 saturated carbocycles. The third-order valence-corrected chi connectivity index (χ3v) is 7.44. The molecule has 3 aromatic rings. The molecule has 2 aliphatic heterocycles. The molecule has 1 aliphatic carbocycles. The van der Waals surface area contributed by atoms with Crippen LogP contribution in [0.25, 0.3) is 10.8 Å². The molecule has 1 spiro atoms. The topological polar surface area (TPSA) is 41.9 Å². The number of ether oxygens (including phenoxy) is 1. The molecule has 4 nitrogen and oxygen atoms in total. The highest BCUT2D eigenvalue weighted by Gasteiger charge is 2.56. The second-order valence-corrected chi connectivity index (χ2v) is 11.1. The molecule has 0 N–H and O–H groups in total. The minimum absolute atomic E-state index is 0.0550. The van der Waals surface area contributed by atoms with Gasteiger partial charge in [0.15, 0.2) is 0 Å². The molecule has 0 amide bonds. The molecule has 32 heavy (non-hydrogen) atoms. The third-order valence-electron chi connectivity index (χ3n) is 6.95. The van der Waals surface area contributed by atoms with Crippen LogP contribution < -0.4 is 4.74 Å². The van der Waals surface area contributed by atoms with Crippen molar-refractivity contribution < 1.29 is 9.53 Å². The Bertz CT molecular complexity index is 1300. The van der Waals surface area contributed by atoms with E-state index >= 15 is 0 Å². The molecule has 3 aliphatic rings. The van der Waals surface area contributed by atoms with Crippen molar-refractivity contribution in [3.63, 3.8) is 0 Å². The first-order chi connectivity index (χ1) is 15.3. The monoisotopic (exact) mass is 488 g/mol. The summed E-state index contributed by atoms with van der Waals surface area (Å²) in [6.07, 6.45) is 2.52. The summed E-state index contributed by atoms with van der Waals surface area (Å²) >= 11 is 3.62. The highest BCUT2D eigenvalue weighted by molar-refractivity contribution is 9.10. The van der Waals surface area contributed by atoms with E-state index in [-0.39, 0.29) is 17.2 Å². The Labute approximate surface area is 196 Å². The molecule has 3 aromatic carbocycles. The molecular weight excluding hydrogens is 464 g/mol. The van der Waals surface area contributed by atoms with E-state index in [4.69, 9.17) is 9.84 Å². The predicted octanol–water partition coefficient (Wildman–Crippen LogP) is 6.62. The van der Waals surface area contributed by atoms with Crippen molar-refractivity contribution in [3.8, 4) is 5.75 Å². The number of nitrogens with zero attached hydrogens (tertiary/aromatic N) is 2. The van der Waals surface area contributed by atoms with Crippen molar-refractivity contribution in [2.75, 3.05) is 0 Å². The Kier molecular flexibility index (Phi) is 4.32. The van der Waals surface area contributed by atoms with Gasteiger partial charge >= 0.3 is 0 Å². The van der Waals surface area contributed by atoms with Gasteiger partial charge in [0, 0.05) is 29.3 Å². The molecule has 2 heterocycles. The molecule has 5 heteroatoms. The number of rotatable bonds is 1. The van der Waals surface area contributed by atoms with E-state index in [1.807, 2.05) is 12.1 Å². The van der Waals surface area contributed by atoms with Crippen LogP contribution in [0.15, 0.2) is 70.2 Å². The van der Waals surface area contributed by atoms with Crippen molar-refractivity contribution in [1.29, 1.82) is 0 Å². The molecule has 0 bridgehead atoms. The average molecular weight is 489 g/mol. The van der Waals surface area contributed by atoms with E-state index in [9.17, 15) is 4.79 Å². The zero-order valence-corrected chi connectivity index (χ0v) is 19.9. The SMILES string of the molecule is CC1(C)CC(=O)CC2(C1)Oc1ccc(Br)cc1C1CC(c3ccc4ccccc4c3)=NN12. The average Bonchev–Trinajstić information content (AvgIpc) is 3.20. The van der Waals surface area contributed by atoms with Crippen LogP contribution in [-0.2, 0) is 4.79 Å². The van der Waals surface area contributed by atoms with E-state index < -0.39 is 5.72 Å². The molecule has 162 valence electrons. The van der Waals surface area contributed by atoms with Gasteiger partial charge in [-0.3, -0.25) is 4.79 Å². The quantitative estimate of drug-likeness (QED) is 0.386. The smallest absolute Gasteiger partial charge is 0.205 e. The van der Waals surface area contributed by atoms with Crippen molar-refractivity contribution >= 4 is 38.2 Å². The Morgan fingerprint density at radius 1 is 1.03 bits per heavy atom. The van der Waals surface area contributed by atoms with Gasteiger partial charge in [0.2, 0.25) is 5.72 Å². The van der Waals surface area contributed by atoms with Crippen LogP contribution in [0.4, 0.5) is 0 Å². The second kappa shape index (κ2) is 6.92. The van der Waals surface area contributed by atoms with Crippen LogP contribution in [0, 0.1) is 5.41 Å². The number of hydrogen-bond donors (Lipinski definition) is 0. The summed E-state index contributed by atoms with van der Waals surface area (Å²) in [5.74, 6) is 1.12. The zero-order chi connectivity index (χ0) is 22.1. The zero-order valence-electron chi connectivity index (χ0n) is 18.3. The van der Waals surface area contributed by atoms with E-state index in [2.05, 4.69) is 83.3 Å². The van der Waals surface area contributed by atoms with Crippen molar-refractivity contribution in [2.45, 2.75) is 51.3 Å². The Balaban J connectivity index is 1.49. The summed E-state index contributed by atoms with van der Waals surface area (Å²) in [5.41, 5.74) is 2.44. The van der Waals surface area contributed by atoms with Gasteiger partial charge in [0.05, 0.1) is 18.2 Å². The molecule has 0 aromatic heterocycles. The molecule has 2 unspecified atom stereocenters. The van der Waals surface area contributed by atoms with Crippen LogP contribution >= 0.6 is 15.9 Å². The first kappa shape index (κ1) is 20.0. The maximum atomic E-state index is 12.8. The maximum absolute atomic E-state index is 12.8. The second-order valence-electron chi connectivity index (χ2n) is 10.1. The lowest BCUT2D eigenvalue weighted by molar-refractivity contribution is -0.171. The molecule has 0 radical (unpaired) electrons. The lowest BCUT2D eigenvalue weighted by Crippen LogP contribution is -2.59. The normalized spacial score (nSPS) is 26.0. The number of hydrazone groups is 1. The third kappa shape index (κ3) is 3.17. The first-order valence-electron chi connectivity index (χ1n) is 11.2. The van der Waals surface area contributed by atoms with Gasteiger partial charge in [-0.2, -0.15) is 5.10 Å². The maximum Gasteiger partial charge on any atom is 0.205 e. The van der Waals surface area contributed by atoms with Crippen molar-refractivity contribution in [1.82, 2.24) is 5.01 Å². The van der Waals surface area contributed by atoms with Gasteiger partial charge < -0.3 is 4.74 Å². The standard InChI is InChI=1S/C27H25BrN2O2/c1-26(2)14-21(31)15-27(16-26)30-24(22-12-20(28)9-10-25(22)32-27)13-23(29-30)19-8-7-17-5-3-4-6-18(17)11-19/h3-12,24H,13-16H2,1-2H3. The number of carbonyl (C=O) groups is 1. The molecule has 6 rings (SSSR count). The fourth-order valence-electron chi connectivity index (χ4n) is 5.81. The van der Waals surface area contributed by atoms with Crippen LogP contribution in [0.5, 0.6) is 5.75 Å². The van der Waals surface area contributed by atoms with Crippen molar-refractivity contribution in [2.24, 2.45) is 10.5 Å². The summed E-state index contributed by atoms with van der Waals surface area (Å²) in [5, 5.41) is 9.70. The van der Waals surface area contributed by atoms with Crippen LogP contribution in [0.2, 0.25) is 0 Å². The first-order valence-corrected chi connectivity index (χ1v) is 12.0. The van der Waals surface area contributed by atoms with Crippen LogP contribution in [0.1, 0.15) is 56.7 Å². The molecule has 1 fully saturated rings. The number of fused-ring (bicyclic) bond motifs is 5. The summed E-state index contributed by atoms with van der Waals surface area (Å²) in [6, 6.07) is 21.2. The molecule has 0 saturated heterocycles. The number of hydrogen-bond acceptors (Lipinski definition) is 4. The summed E-state index contributed by atoms with van der Waals surface area (Å²) in [4.78, 5) is 12.8. The van der Waals surface area contributed by atoms with Crippen molar-refractivity contribution in [3.05, 3.63) is 76.3 Å². The number of benzene rings is 3. The summed E-state index contributed by atoms with van der Waals surface area (Å²) in [7, 11) is 0. The number of carbonyl (C=O) groups excluding carboxylic acids is 1.